The van der Waals surface area contributed by atoms with Crippen LogP contribution in [0.15, 0.2) is 71.0 Å². The van der Waals surface area contributed by atoms with Gasteiger partial charge in [0.2, 0.25) is 0 Å². The van der Waals surface area contributed by atoms with Crippen molar-refractivity contribution in [1.29, 1.82) is 0 Å². The molecule has 0 radical (unpaired) electrons. The Bertz CT molecular complexity index is 1290. The fourth-order valence-corrected chi connectivity index (χ4v) is 4.79. The first-order chi connectivity index (χ1) is 15.5. The predicted octanol–water partition coefficient (Wildman–Crippen LogP) is 5.55. The molecular weight excluding hydrogens is 448 g/mol. The van der Waals surface area contributed by atoms with Crippen LogP contribution in [0, 0.1) is 10.1 Å². The van der Waals surface area contributed by atoms with E-state index in [9.17, 15) is 14.9 Å². The highest BCUT2D eigenvalue weighted by molar-refractivity contribution is 7.99. The van der Waals surface area contributed by atoms with Gasteiger partial charge in [-0.1, -0.05) is 18.2 Å². The standard InChI is InChI=1S/C22H16N4O4S2/c27-20(28)9-7-15(21-25-16-4-1-2-5-18(16)31-21)12-14-6-8-19(17(13-14)26(29)30)32-22-23-10-3-11-24-22/h1-6,8,10-13H,7,9H2,(H,27,28). The largest absolute Gasteiger partial charge is 0.481 e. The Kier molecular flexibility index (Phi) is 6.52. The van der Waals surface area contributed by atoms with Gasteiger partial charge in [-0.05, 0) is 59.7 Å². The number of hydrogen-bond acceptors (Lipinski definition) is 8. The smallest absolute Gasteiger partial charge is 0.303 e. The van der Waals surface area contributed by atoms with Crippen LogP contribution < -0.4 is 0 Å². The highest BCUT2D eigenvalue weighted by Gasteiger charge is 2.18. The van der Waals surface area contributed by atoms with Crippen LogP contribution in [-0.4, -0.2) is 31.0 Å². The van der Waals surface area contributed by atoms with Gasteiger partial charge in [0.25, 0.3) is 5.69 Å². The molecule has 4 aromatic rings. The Morgan fingerprint density at radius 3 is 2.62 bits per heavy atom. The van der Waals surface area contributed by atoms with E-state index in [1.54, 1.807) is 36.7 Å². The maximum absolute atomic E-state index is 11.7. The molecular formula is C22H16N4O4S2. The third kappa shape index (κ3) is 5.16. The molecule has 8 nitrogen and oxygen atoms in total. The summed E-state index contributed by atoms with van der Waals surface area (Å²) in [6, 6.07) is 14.2. The molecule has 2 aromatic heterocycles. The van der Waals surface area contributed by atoms with Crippen LogP contribution in [0.3, 0.4) is 0 Å². The van der Waals surface area contributed by atoms with Crippen LogP contribution in [0.2, 0.25) is 0 Å². The van der Waals surface area contributed by atoms with Gasteiger partial charge in [0, 0.05) is 24.9 Å². The minimum atomic E-state index is -0.919. The number of para-hydroxylation sites is 1. The first-order valence-electron chi connectivity index (χ1n) is 9.51. The zero-order chi connectivity index (χ0) is 22.5. The van der Waals surface area contributed by atoms with E-state index in [-0.39, 0.29) is 18.5 Å². The molecule has 0 amide bonds. The molecule has 0 aliphatic rings. The number of benzene rings is 2. The zero-order valence-corrected chi connectivity index (χ0v) is 18.2. The third-order valence-electron chi connectivity index (χ3n) is 4.44. The molecule has 0 fully saturated rings. The molecule has 160 valence electrons. The summed E-state index contributed by atoms with van der Waals surface area (Å²) < 4.78 is 0.990. The number of nitro benzene ring substituents is 1. The third-order valence-corrected chi connectivity index (χ3v) is 6.51. The summed E-state index contributed by atoms with van der Waals surface area (Å²) in [6.45, 7) is 0. The van der Waals surface area contributed by atoms with Crippen molar-refractivity contribution in [2.45, 2.75) is 22.9 Å². The van der Waals surface area contributed by atoms with Gasteiger partial charge in [-0.2, -0.15) is 0 Å². The lowest BCUT2D eigenvalue weighted by Crippen LogP contribution is -1.96. The number of nitro groups is 1. The van der Waals surface area contributed by atoms with E-state index < -0.39 is 10.9 Å². The molecule has 4 rings (SSSR count). The Labute approximate surface area is 190 Å². The van der Waals surface area contributed by atoms with E-state index in [0.29, 0.717) is 20.6 Å². The fraction of sp³-hybridized carbons (Fsp3) is 0.0909. The van der Waals surface area contributed by atoms with Crippen molar-refractivity contribution in [3.63, 3.8) is 0 Å². The molecule has 0 spiro atoms. The number of carboxylic acid groups (broad SMARTS) is 1. The van der Waals surface area contributed by atoms with Gasteiger partial charge >= 0.3 is 5.97 Å². The van der Waals surface area contributed by atoms with Crippen LogP contribution in [0.1, 0.15) is 23.4 Å². The number of carboxylic acids is 1. The van der Waals surface area contributed by atoms with E-state index >= 15 is 0 Å². The summed E-state index contributed by atoms with van der Waals surface area (Å²) in [6.07, 6.45) is 5.11. The van der Waals surface area contributed by atoms with Crippen molar-refractivity contribution < 1.29 is 14.8 Å². The average molecular weight is 465 g/mol. The number of allylic oxidation sites excluding steroid dienone is 1. The summed E-state index contributed by atoms with van der Waals surface area (Å²) in [4.78, 5) is 35.7. The monoisotopic (exact) mass is 464 g/mol. The lowest BCUT2D eigenvalue weighted by Gasteiger charge is -2.06. The maximum atomic E-state index is 11.7. The van der Waals surface area contributed by atoms with Gasteiger partial charge in [0.15, 0.2) is 5.16 Å². The van der Waals surface area contributed by atoms with Crippen LogP contribution in [0.5, 0.6) is 0 Å². The van der Waals surface area contributed by atoms with Gasteiger partial charge in [0.05, 0.1) is 20.0 Å². The van der Waals surface area contributed by atoms with E-state index in [4.69, 9.17) is 5.11 Å². The highest BCUT2D eigenvalue weighted by Crippen LogP contribution is 2.35. The second-order valence-electron chi connectivity index (χ2n) is 6.67. The summed E-state index contributed by atoms with van der Waals surface area (Å²) in [5.41, 5.74) is 2.07. The first-order valence-corrected chi connectivity index (χ1v) is 11.1. The second kappa shape index (κ2) is 9.67. The van der Waals surface area contributed by atoms with E-state index in [2.05, 4.69) is 15.0 Å². The van der Waals surface area contributed by atoms with Gasteiger partial charge in [-0.25, -0.2) is 15.0 Å². The van der Waals surface area contributed by atoms with Gasteiger partial charge in [-0.3, -0.25) is 14.9 Å². The molecule has 1 N–H and O–H groups in total. The molecule has 2 aromatic carbocycles. The van der Waals surface area contributed by atoms with Crippen molar-refractivity contribution in [1.82, 2.24) is 15.0 Å². The minimum Gasteiger partial charge on any atom is -0.481 e. The summed E-state index contributed by atoms with van der Waals surface area (Å²) in [5.74, 6) is -0.919. The Morgan fingerprint density at radius 1 is 1.12 bits per heavy atom. The number of rotatable bonds is 8. The molecule has 0 aliphatic carbocycles. The summed E-state index contributed by atoms with van der Waals surface area (Å²) in [7, 11) is 0. The van der Waals surface area contributed by atoms with Crippen molar-refractivity contribution >= 4 is 56.6 Å². The fourth-order valence-electron chi connectivity index (χ4n) is 2.98. The number of fused-ring (bicyclic) bond motifs is 1. The lowest BCUT2D eigenvalue weighted by molar-refractivity contribution is -0.387. The van der Waals surface area contributed by atoms with E-state index in [0.717, 1.165) is 27.6 Å². The van der Waals surface area contributed by atoms with Crippen molar-refractivity contribution in [3.05, 3.63) is 81.6 Å². The SMILES string of the molecule is O=C(O)CCC(=Cc1ccc(Sc2ncccn2)c([N+](=O)[O-])c1)c1nc2ccccc2s1. The lowest BCUT2D eigenvalue weighted by atomic mass is 10.1. The number of nitrogens with zero attached hydrogens (tertiary/aromatic N) is 4. The molecule has 0 aliphatic heterocycles. The first kappa shape index (κ1) is 21.6. The minimum absolute atomic E-state index is 0.0663. The van der Waals surface area contributed by atoms with Crippen LogP contribution >= 0.6 is 23.1 Å². The summed E-state index contributed by atoms with van der Waals surface area (Å²) in [5, 5.41) is 22.0. The second-order valence-corrected chi connectivity index (χ2v) is 8.71. The van der Waals surface area contributed by atoms with Crippen LogP contribution in [-0.2, 0) is 4.79 Å². The number of thiazole rings is 1. The molecule has 0 bridgehead atoms. The van der Waals surface area contributed by atoms with Crippen molar-refractivity contribution in [3.8, 4) is 0 Å². The van der Waals surface area contributed by atoms with Crippen LogP contribution in [0.4, 0.5) is 5.69 Å². The Balaban J connectivity index is 1.72. The number of hydrogen-bond donors (Lipinski definition) is 1. The van der Waals surface area contributed by atoms with Crippen molar-refractivity contribution in [2.75, 3.05) is 0 Å². The van der Waals surface area contributed by atoms with Gasteiger partial charge in [-0.15, -0.1) is 11.3 Å². The van der Waals surface area contributed by atoms with Crippen molar-refractivity contribution in [2.24, 2.45) is 0 Å². The molecule has 32 heavy (non-hydrogen) atoms. The Morgan fingerprint density at radius 2 is 1.91 bits per heavy atom. The topological polar surface area (TPSA) is 119 Å². The molecule has 2 heterocycles. The maximum Gasteiger partial charge on any atom is 0.303 e. The molecule has 10 heteroatoms. The quantitative estimate of drug-likeness (QED) is 0.205. The summed E-state index contributed by atoms with van der Waals surface area (Å²) >= 11 is 2.58. The van der Waals surface area contributed by atoms with Gasteiger partial charge in [0.1, 0.15) is 5.01 Å². The zero-order valence-electron chi connectivity index (χ0n) is 16.5. The van der Waals surface area contributed by atoms with E-state index in [1.165, 1.54) is 17.4 Å². The average Bonchev–Trinajstić information content (AvgIpc) is 3.22. The normalized spacial score (nSPS) is 11.6. The van der Waals surface area contributed by atoms with E-state index in [1.807, 2.05) is 24.3 Å². The van der Waals surface area contributed by atoms with Gasteiger partial charge < -0.3 is 5.11 Å². The Hall–Kier alpha value is -3.63. The predicted molar refractivity (Wildman–Crippen MR) is 124 cm³/mol. The number of carbonyl (C=O) groups is 1. The number of aliphatic carboxylic acids is 1. The van der Waals surface area contributed by atoms with Crippen LogP contribution in [0.25, 0.3) is 21.9 Å². The molecule has 0 atom stereocenters. The number of aromatic nitrogens is 3. The molecule has 0 saturated carbocycles. The highest BCUT2D eigenvalue weighted by atomic mass is 32.2. The molecule has 0 unspecified atom stereocenters. The molecule has 0 saturated heterocycles.